The van der Waals surface area contributed by atoms with Crippen LogP contribution in [0.2, 0.25) is 0 Å². The Morgan fingerprint density at radius 1 is 1.40 bits per heavy atom. The molecule has 1 amide bonds. The van der Waals surface area contributed by atoms with Gasteiger partial charge in [0.1, 0.15) is 5.82 Å². The summed E-state index contributed by atoms with van der Waals surface area (Å²) in [5.41, 5.74) is 1.08. The summed E-state index contributed by atoms with van der Waals surface area (Å²) in [6, 6.07) is 4.18. The van der Waals surface area contributed by atoms with Crippen molar-refractivity contribution in [1.29, 1.82) is 0 Å². The monoisotopic (exact) mass is 271 g/mol. The van der Waals surface area contributed by atoms with Gasteiger partial charge in [0.05, 0.1) is 0 Å². The van der Waals surface area contributed by atoms with E-state index in [1.54, 1.807) is 12.4 Å². The highest BCUT2D eigenvalue weighted by molar-refractivity contribution is 5.90. The first-order valence-electron chi connectivity index (χ1n) is 6.89. The predicted octanol–water partition coefficient (Wildman–Crippen LogP) is 1.57. The number of rotatable bonds is 5. The molecule has 1 aliphatic rings. The predicted molar refractivity (Wildman–Crippen MR) is 72.9 cm³/mol. The third-order valence-corrected chi connectivity index (χ3v) is 3.41. The lowest BCUT2D eigenvalue weighted by Gasteiger charge is -2.20. The molecule has 0 aromatic carbocycles. The van der Waals surface area contributed by atoms with Gasteiger partial charge in [-0.1, -0.05) is 6.92 Å². The van der Waals surface area contributed by atoms with Gasteiger partial charge in [0.2, 0.25) is 5.82 Å². The maximum absolute atomic E-state index is 12.5. The van der Waals surface area contributed by atoms with Crippen LogP contribution in [0.4, 0.5) is 0 Å². The average molecular weight is 271 g/mol. The van der Waals surface area contributed by atoms with E-state index < -0.39 is 0 Å². The van der Waals surface area contributed by atoms with Crippen molar-refractivity contribution in [2.45, 2.75) is 38.8 Å². The van der Waals surface area contributed by atoms with E-state index in [0.29, 0.717) is 12.6 Å². The molecule has 1 saturated carbocycles. The highest BCUT2D eigenvalue weighted by Gasteiger charge is 2.34. The second-order valence-corrected chi connectivity index (χ2v) is 4.98. The number of aromatic nitrogens is 4. The summed E-state index contributed by atoms with van der Waals surface area (Å²) in [4.78, 5) is 22.6. The van der Waals surface area contributed by atoms with Crippen LogP contribution in [0.3, 0.4) is 0 Å². The Bertz CT molecular complexity index is 591. The van der Waals surface area contributed by atoms with Crippen LogP contribution in [0.1, 0.15) is 41.8 Å². The van der Waals surface area contributed by atoms with Gasteiger partial charge in [0, 0.05) is 31.4 Å². The summed E-state index contributed by atoms with van der Waals surface area (Å²) in [6.07, 6.45) is 6.34. The summed E-state index contributed by atoms with van der Waals surface area (Å²) >= 11 is 0. The minimum Gasteiger partial charge on any atom is -0.329 e. The molecule has 2 heterocycles. The van der Waals surface area contributed by atoms with Gasteiger partial charge in [-0.15, -0.1) is 5.10 Å². The molecule has 1 fully saturated rings. The van der Waals surface area contributed by atoms with Gasteiger partial charge in [-0.25, -0.2) is 4.98 Å². The van der Waals surface area contributed by atoms with Crippen LogP contribution in [0.5, 0.6) is 0 Å². The van der Waals surface area contributed by atoms with Crippen LogP contribution >= 0.6 is 0 Å². The van der Waals surface area contributed by atoms with Crippen molar-refractivity contribution in [2.75, 3.05) is 0 Å². The molecule has 0 bridgehead atoms. The third-order valence-electron chi connectivity index (χ3n) is 3.41. The van der Waals surface area contributed by atoms with Gasteiger partial charge in [0.25, 0.3) is 5.91 Å². The van der Waals surface area contributed by atoms with Gasteiger partial charge >= 0.3 is 0 Å². The van der Waals surface area contributed by atoms with Crippen LogP contribution in [0.15, 0.2) is 24.5 Å². The Kier molecular flexibility index (Phi) is 3.45. The fourth-order valence-electron chi connectivity index (χ4n) is 2.12. The first kappa shape index (κ1) is 12.8. The highest BCUT2D eigenvalue weighted by Crippen LogP contribution is 2.29. The zero-order chi connectivity index (χ0) is 13.9. The Labute approximate surface area is 117 Å². The second kappa shape index (κ2) is 5.40. The number of H-pyrrole nitrogens is 1. The van der Waals surface area contributed by atoms with Gasteiger partial charge in [0.15, 0.2) is 0 Å². The average Bonchev–Trinajstić information content (AvgIpc) is 3.21. The number of pyridine rings is 1. The van der Waals surface area contributed by atoms with E-state index >= 15 is 0 Å². The lowest BCUT2D eigenvalue weighted by molar-refractivity contribution is 0.0717. The molecule has 1 aliphatic carbocycles. The maximum atomic E-state index is 12.5. The lowest BCUT2D eigenvalue weighted by Crippen LogP contribution is -2.33. The number of carbonyl (C=O) groups excluding carboxylic acids is 1. The molecular formula is C14H17N5O. The Morgan fingerprint density at radius 3 is 2.75 bits per heavy atom. The molecule has 0 unspecified atom stereocenters. The van der Waals surface area contributed by atoms with E-state index in [-0.39, 0.29) is 11.7 Å². The van der Waals surface area contributed by atoms with Crippen molar-refractivity contribution in [3.05, 3.63) is 41.7 Å². The van der Waals surface area contributed by atoms with Gasteiger partial charge in [-0.05, 0) is 30.5 Å². The first-order chi connectivity index (χ1) is 9.78. The van der Waals surface area contributed by atoms with Crippen LogP contribution < -0.4 is 0 Å². The number of carbonyl (C=O) groups is 1. The normalized spacial score (nSPS) is 14.2. The number of nitrogens with one attached hydrogen (secondary N) is 1. The van der Waals surface area contributed by atoms with Gasteiger partial charge in [-0.3, -0.25) is 14.9 Å². The van der Waals surface area contributed by atoms with Crippen molar-refractivity contribution < 1.29 is 4.79 Å². The summed E-state index contributed by atoms with van der Waals surface area (Å²) in [7, 11) is 0. The number of hydrogen-bond donors (Lipinski definition) is 1. The molecule has 0 atom stereocenters. The van der Waals surface area contributed by atoms with Crippen LogP contribution in [-0.2, 0) is 13.0 Å². The standard InChI is InChI=1S/C14H17N5O/c1-2-12-16-13(18-17-12)14(20)19(11-3-4-11)9-10-5-7-15-8-6-10/h5-8,11H,2-4,9H2,1H3,(H,16,17,18). The van der Waals surface area contributed by atoms with E-state index in [2.05, 4.69) is 20.2 Å². The molecule has 0 aliphatic heterocycles. The zero-order valence-electron chi connectivity index (χ0n) is 11.4. The summed E-state index contributed by atoms with van der Waals surface area (Å²) < 4.78 is 0. The molecule has 104 valence electrons. The van der Waals surface area contributed by atoms with E-state index in [1.165, 1.54) is 0 Å². The topological polar surface area (TPSA) is 74.8 Å². The molecule has 3 rings (SSSR count). The zero-order valence-corrected chi connectivity index (χ0v) is 11.4. The number of amides is 1. The summed E-state index contributed by atoms with van der Waals surface area (Å²) in [6.45, 7) is 2.56. The second-order valence-electron chi connectivity index (χ2n) is 4.98. The van der Waals surface area contributed by atoms with Crippen LogP contribution in [0, 0.1) is 0 Å². The van der Waals surface area contributed by atoms with Crippen molar-refractivity contribution in [3.8, 4) is 0 Å². The molecule has 1 N–H and O–H groups in total. The van der Waals surface area contributed by atoms with E-state index in [1.807, 2.05) is 24.0 Å². The van der Waals surface area contributed by atoms with Crippen molar-refractivity contribution >= 4 is 5.91 Å². The van der Waals surface area contributed by atoms with Crippen molar-refractivity contribution in [3.63, 3.8) is 0 Å². The summed E-state index contributed by atoms with van der Waals surface area (Å²) in [5, 5.41) is 6.82. The van der Waals surface area contributed by atoms with Gasteiger partial charge < -0.3 is 4.90 Å². The highest BCUT2D eigenvalue weighted by atomic mass is 16.2. The summed E-state index contributed by atoms with van der Waals surface area (Å²) in [5.74, 6) is 0.913. The molecule has 2 aromatic heterocycles. The number of aromatic amines is 1. The Hall–Kier alpha value is -2.24. The number of aryl methyl sites for hydroxylation is 1. The van der Waals surface area contributed by atoms with E-state index in [4.69, 9.17) is 0 Å². The molecule has 0 spiro atoms. The molecule has 2 aromatic rings. The smallest absolute Gasteiger partial charge is 0.294 e. The van der Waals surface area contributed by atoms with Crippen LogP contribution in [-0.4, -0.2) is 37.0 Å². The third kappa shape index (κ3) is 2.68. The van der Waals surface area contributed by atoms with E-state index in [0.717, 1.165) is 30.7 Å². The maximum Gasteiger partial charge on any atom is 0.294 e. The minimum absolute atomic E-state index is 0.0970. The molecular weight excluding hydrogens is 254 g/mol. The molecule has 20 heavy (non-hydrogen) atoms. The quantitative estimate of drug-likeness (QED) is 0.895. The van der Waals surface area contributed by atoms with Crippen molar-refractivity contribution in [2.24, 2.45) is 0 Å². The fraction of sp³-hybridized carbons (Fsp3) is 0.429. The SMILES string of the molecule is CCc1nc(C(=O)N(Cc2ccncc2)C2CC2)n[nH]1. The Morgan fingerprint density at radius 2 is 2.15 bits per heavy atom. The number of hydrogen-bond acceptors (Lipinski definition) is 4. The molecule has 0 radical (unpaired) electrons. The molecule has 0 saturated heterocycles. The largest absolute Gasteiger partial charge is 0.329 e. The minimum atomic E-state index is -0.0970. The van der Waals surface area contributed by atoms with Crippen LogP contribution in [0.25, 0.3) is 0 Å². The molecule has 6 nitrogen and oxygen atoms in total. The molecule has 6 heteroatoms. The van der Waals surface area contributed by atoms with Crippen molar-refractivity contribution in [1.82, 2.24) is 25.1 Å². The van der Waals surface area contributed by atoms with Gasteiger partial charge in [-0.2, -0.15) is 0 Å². The first-order valence-corrected chi connectivity index (χ1v) is 6.89. The lowest BCUT2D eigenvalue weighted by atomic mass is 10.2. The fourth-order valence-corrected chi connectivity index (χ4v) is 2.12. The Balaban J connectivity index is 1.78. The van der Waals surface area contributed by atoms with E-state index in [9.17, 15) is 4.79 Å². The number of nitrogens with zero attached hydrogens (tertiary/aromatic N) is 4.